The van der Waals surface area contributed by atoms with Gasteiger partial charge in [0.15, 0.2) is 0 Å². The van der Waals surface area contributed by atoms with Crippen LogP contribution in [0.15, 0.2) is 4.42 Å². The van der Waals surface area contributed by atoms with E-state index >= 15 is 0 Å². The molecule has 1 N–H and O–H groups in total. The molecule has 0 amide bonds. The average Bonchev–Trinajstić information content (AvgIpc) is 2.86. The second kappa shape index (κ2) is 4.31. The molecule has 5 heteroatoms. The lowest BCUT2D eigenvalue weighted by atomic mass is 10.1. The van der Waals surface area contributed by atoms with Crippen molar-refractivity contribution in [1.29, 1.82) is 0 Å². The first kappa shape index (κ1) is 9.98. The molecule has 0 bridgehead atoms. The number of rotatable bonds is 3. The highest BCUT2D eigenvalue weighted by Gasteiger charge is 2.24. The number of thioether (sulfide) groups is 1. The summed E-state index contributed by atoms with van der Waals surface area (Å²) in [6, 6.07) is 0.144. The summed E-state index contributed by atoms with van der Waals surface area (Å²) < 4.78 is 5.62. The lowest BCUT2D eigenvalue weighted by Crippen LogP contribution is -2.12. The molecule has 1 saturated heterocycles. The van der Waals surface area contributed by atoms with Crippen molar-refractivity contribution in [2.45, 2.75) is 25.3 Å². The molecule has 2 rings (SSSR count). The first-order valence-corrected chi connectivity index (χ1v) is 6.05. The zero-order valence-electron chi connectivity index (χ0n) is 8.49. The lowest BCUT2D eigenvalue weighted by molar-refractivity contribution is 0.390. The van der Waals surface area contributed by atoms with Crippen LogP contribution in [0, 0.1) is 0 Å². The van der Waals surface area contributed by atoms with Crippen molar-refractivity contribution in [3.05, 3.63) is 11.8 Å². The Kier molecular flexibility index (Phi) is 3.08. The largest absolute Gasteiger partial charge is 0.423 e. The molecule has 1 aromatic heterocycles. The Labute approximate surface area is 87.9 Å². The van der Waals surface area contributed by atoms with Crippen molar-refractivity contribution in [1.82, 2.24) is 15.5 Å². The van der Waals surface area contributed by atoms with Crippen LogP contribution in [-0.2, 0) is 0 Å². The van der Waals surface area contributed by atoms with Gasteiger partial charge in [0.2, 0.25) is 11.8 Å². The van der Waals surface area contributed by atoms with Gasteiger partial charge in [-0.1, -0.05) is 0 Å². The Morgan fingerprint density at radius 2 is 2.43 bits per heavy atom. The standard InChI is InChI=1S/C9H15N3OS/c1-6(10-2)8-11-12-9(13-8)7-3-4-14-5-7/h6-7,10H,3-5H2,1-2H3. The Balaban J connectivity index is 2.08. The SMILES string of the molecule is CNC(C)c1nnc(C2CCSC2)o1. The van der Waals surface area contributed by atoms with Gasteiger partial charge in [-0.25, -0.2) is 0 Å². The Bertz CT molecular complexity index is 296. The molecule has 0 spiro atoms. The fraction of sp³-hybridized carbons (Fsp3) is 0.778. The number of hydrogen-bond acceptors (Lipinski definition) is 5. The van der Waals surface area contributed by atoms with Crippen molar-refractivity contribution in [3.63, 3.8) is 0 Å². The van der Waals surface area contributed by atoms with Crippen molar-refractivity contribution in [2.24, 2.45) is 0 Å². The third-order valence-corrected chi connectivity index (χ3v) is 3.70. The maximum absolute atomic E-state index is 5.62. The van der Waals surface area contributed by atoms with Crippen LogP contribution in [0.2, 0.25) is 0 Å². The van der Waals surface area contributed by atoms with E-state index < -0.39 is 0 Å². The molecule has 1 aliphatic rings. The van der Waals surface area contributed by atoms with E-state index in [1.807, 2.05) is 25.7 Å². The van der Waals surface area contributed by atoms with Crippen LogP contribution in [0.5, 0.6) is 0 Å². The van der Waals surface area contributed by atoms with E-state index in [2.05, 4.69) is 15.5 Å². The summed E-state index contributed by atoms with van der Waals surface area (Å²) >= 11 is 1.96. The van der Waals surface area contributed by atoms with Gasteiger partial charge >= 0.3 is 0 Å². The highest BCUT2D eigenvalue weighted by atomic mass is 32.2. The van der Waals surface area contributed by atoms with E-state index in [9.17, 15) is 0 Å². The number of nitrogens with zero attached hydrogens (tertiary/aromatic N) is 2. The van der Waals surface area contributed by atoms with E-state index in [4.69, 9.17) is 4.42 Å². The molecule has 1 aliphatic heterocycles. The number of nitrogens with one attached hydrogen (secondary N) is 1. The molecule has 1 fully saturated rings. The quantitative estimate of drug-likeness (QED) is 0.826. The van der Waals surface area contributed by atoms with Crippen LogP contribution in [0.1, 0.15) is 37.1 Å². The maximum Gasteiger partial charge on any atom is 0.233 e. The van der Waals surface area contributed by atoms with E-state index in [1.54, 1.807) is 0 Å². The highest BCUT2D eigenvalue weighted by molar-refractivity contribution is 7.99. The number of hydrogen-bond donors (Lipinski definition) is 1. The number of aromatic nitrogens is 2. The van der Waals surface area contributed by atoms with Crippen molar-refractivity contribution < 1.29 is 4.42 Å². The van der Waals surface area contributed by atoms with E-state index in [0.717, 1.165) is 11.6 Å². The molecule has 78 valence electrons. The van der Waals surface area contributed by atoms with Gasteiger partial charge in [-0.15, -0.1) is 10.2 Å². The minimum absolute atomic E-state index is 0.144. The van der Waals surface area contributed by atoms with E-state index in [0.29, 0.717) is 11.8 Å². The van der Waals surface area contributed by atoms with Gasteiger partial charge in [0.25, 0.3) is 0 Å². The van der Waals surface area contributed by atoms with Crippen molar-refractivity contribution in [2.75, 3.05) is 18.6 Å². The Morgan fingerprint density at radius 3 is 3.07 bits per heavy atom. The average molecular weight is 213 g/mol. The summed E-state index contributed by atoms with van der Waals surface area (Å²) in [7, 11) is 1.89. The van der Waals surface area contributed by atoms with Crippen molar-refractivity contribution in [3.8, 4) is 0 Å². The van der Waals surface area contributed by atoms with Gasteiger partial charge in [-0.2, -0.15) is 11.8 Å². The summed E-state index contributed by atoms with van der Waals surface area (Å²) in [6.07, 6.45) is 1.17. The summed E-state index contributed by atoms with van der Waals surface area (Å²) in [6.45, 7) is 2.01. The minimum atomic E-state index is 0.144. The maximum atomic E-state index is 5.62. The predicted molar refractivity (Wildman–Crippen MR) is 56.5 cm³/mol. The van der Waals surface area contributed by atoms with Gasteiger partial charge in [0.1, 0.15) is 0 Å². The fourth-order valence-corrected chi connectivity index (χ4v) is 2.65. The van der Waals surface area contributed by atoms with Gasteiger partial charge in [-0.3, -0.25) is 0 Å². The molecule has 0 aromatic carbocycles. The molecular weight excluding hydrogens is 198 g/mol. The summed E-state index contributed by atoms with van der Waals surface area (Å²) in [5.74, 6) is 4.32. The molecule has 14 heavy (non-hydrogen) atoms. The molecule has 2 heterocycles. The first-order chi connectivity index (χ1) is 6.81. The van der Waals surface area contributed by atoms with Gasteiger partial charge < -0.3 is 9.73 Å². The third-order valence-electron chi connectivity index (χ3n) is 2.54. The highest BCUT2D eigenvalue weighted by Crippen LogP contribution is 2.31. The van der Waals surface area contributed by atoms with Crippen LogP contribution in [0.4, 0.5) is 0 Å². The normalized spacial score (nSPS) is 24.0. The smallest absolute Gasteiger partial charge is 0.233 e. The van der Waals surface area contributed by atoms with Gasteiger partial charge in [-0.05, 0) is 26.1 Å². The minimum Gasteiger partial charge on any atom is -0.423 e. The van der Waals surface area contributed by atoms with Gasteiger partial charge in [0.05, 0.1) is 6.04 Å². The van der Waals surface area contributed by atoms with E-state index in [-0.39, 0.29) is 6.04 Å². The van der Waals surface area contributed by atoms with Crippen LogP contribution >= 0.6 is 11.8 Å². The van der Waals surface area contributed by atoms with Gasteiger partial charge in [0, 0.05) is 11.7 Å². The molecule has 0 saturated carbocycles. The predicted octanol–water partition coefficient (Wildman–Crippen LogP) is 1.57. The third kappa shape index (κ3) is 1.93. The summed E-state index contributed by atoms with van der Waals surface area (Å²) in [5, 5.41) is 11.2. The Hall–Kier alpha value is -0.550. The van der Waals surface area contributed by atoms with Crippen LogP contribution in [0.25, 0.3) is 0 Å². The fourth-order valence-electron chi connectivity index (χ4n) is 1.44. The first-order valence-electron chi connectivity index (χ1n) is 4.89. The van der Waals surface area contributed by atoms with Crippen LogP contribution < -0.4 is 5.32 Å². The molecule has 0 radical (unpaired) electrons. The zero-order chi connectivity index (χ0) is 9.97. The molecular formula is C9H15N3OS. The molecule has 0 aliphatic carbocycles. The second-order valence-corrected chi connectivity index (χ2v) is 4.70. The van der Waals surface area contributed by atoms with Crippen LogP contribution in [0.3, 0.4) is 0 Å². The summed E-state index contributed by atoms with van der Waals surface area (Å²) in [5.41, 5.74) is 0. The zero-order valence-corrected chi connectivity index (χ0v) is 9.30. The molecule has 4 nitrogen and oxygen atoms in total. The molecule has 2 unspecified atom stereocenters. The Morgan fingerprint density at radius 1 is 1.57 bits per heavy atom. The lowest BCUT2D eigenvalue weighted by Gasteiger charge is -2.03. The monoisotopic (exact) mass is 213 g/mol. The van der Waals surface area contributed by atoms with Crippen molar-refractivity contribution >= 4 is 11.8 Å². The molecule has 2 atom stereocenters. The summed E-state index contributed by atoms with van der Waals surface area (Å²) in [4.78, 5) is 0. The van der Waals surface area contributed by atoms with E-state index in [1.165, 1.54) is 12.2 Å². The topological polar surface area (TPSA) is 51.0 Å². The second-order valence-electron chi connectivity index (χ2n) is 3.55. The van der Waals surface area contributed by atoms with Crippen LogP contribution in [-0.4, -0.2) is 28.8 Å². The molecule has 1 aromatic rings.